The van der Waals surface area contributed by atoms with Crippen LogP contribution in [0.2, 0.25) is 5.15 Å². The maximum atomic E-state index is 13.2. The van der Waals surface area contributed by atoms with Gasteiger partial charge in [-0.15, -0.1) is 0 Å². The van der Waals surface area contributed by atoms with Gasteiger partial charge in [0.25, 0.3) is 5.91 Å². The Bertz CT molecular complexity index is 1420. The molecule has 1 aliphatic heterocycles. The Morgan fingerprint density at radius 1 is 1.06 bits per heavy atom. The third kappa shape index (κ3) is 4.72. The first-order valence-corrected chi connectivity index (χ1v) is 10.7. The zero-order valence-corrected chi connectivity index (χ0v) is 18.4. The fourth-order valence-electron chi connectivity index (χ4n) is 3.43. The number of rotatable bonds is 5. The normalized spacial score (nSPS) is 13.0. The molecule has 5 rings (SSSR count). The lowest BCUT2D eigenvalue weighted by Gasteiger charge is -2.24. The molecule has 0 radical (unpaired) electrons. The number of nitrogens with one attached hydrogen (secondary N) is 1. The molecule has 1 aliphatic rings. The second-order valence-electron chi connectivity index (χ2n) is 7.41. The van der Waals surface area contributed by atoms with Gasteiger partial charge in [0.1, 0.15) is 28.3 Å². The summed E-state index contributed by atoms with van der Waals surface area (Å²) in [7, 11) is 0. The van der Waals surface area contributed by atoms with Crippen molar-refractivity contribution in [2.24, 2.45) is 0 Å². The van der Waals surface area contributed by atoms with Crippen molar-refractivity contribution in [1.82, 2.24) is 15.0 Å². The molecule has 34 heavy (non-hydrogen) atoms. The van der Waals surface area contributed by atoms with E-state index in [9.17, 15) is 9.18 Å². The fraction of sp³-hybridized carbons (Fsp3) is 0.0400. The van der Waals surface area contributed by atoms with Gasteiger partial charge in [0.15, 0.2) is 0 Å². The van der Waals surface area contributed by atoms with Crippen molar-refractivity contribution in [3.8, 4) is 11.5 Å². The molecule has 7 nitrogen and oxygen atoms in total. The van der Waals surface area contributed by atoms with Crippen LogP contribution in [0.25, 0.3) is 10.9 Å². The molecule has 0 spiro atoms. The third-order valence-corrected chi connectivity index (χ3v) is 5.32. The van der Waals surface area contributed by atoms with Crippen molar-refractivity contribution in [2.45, 2.75) is 0 Å². The second-order valence-corrected chi connectivity index (χ2v) is 7.79. The van der Waals surface area contributed by atoms with Crippen LogP contribution in [-0.2, 0) is 4.79 Å². The predicted octanol–water partition coefficient (Wildman–Crippen LogP) is 5.51. The molecular weight excluding hydrogens is 457 g/mol. The van der Waals surface area contributed by atoms with E-state index in [0.29, 0.717) is 40.1 Å². The van der Waals surface area contributed by atoms with E-state index in [0.717, 1.165) is 11.1 Å². The first-order valence-electron chi connectivity index (χ1n) is 10.3. The third-order valence-electron chi connectivity index (χ3n) is 5.11. The van der Waals surface area contributed by atoms with Crippen LogP contribution < -0.4 is 15.0 Å². The summed E-state index contributed by atoms with van der Waals surface area (Å²) in [5, 5.41) is 3.85. The molecule has 3 aromatic heterocycles. The van der Waals surface area contributed by atoms with E-state index in [2.05, 4.69) is 20.3 Å². The van der Waals surface area contributed by atoms with Gasteiger partial charge in [-0.1, -0.05) is 17.7 Å². The van der Waals surface area contributed by atoms with Gasteiger partial charge in [0.2, 0.25) is 0 Å². The highest BCUT2D eigenvalue weighted by molar-refractivity contribution is 6.30. The minimum Gasteiger partial charge on any atom is -0.455 e. The number of fused-ring (bicyclic) bond motifs is 1. The zero-order chi connectivity index (χ0) is 23.5. The molecule has 0 atom stereocenters. The van der Waals surface area contributed by atoms with E-state index >= 15 is 0 Å². The lowest BCUT2D eigenvalue weighted by Crippen LogP contribution is -2.28. The second kappa shape index (κ2) is 9.29. The number of amides is 1. The minimum atomic E-state index is -0.310. The molecule has 4 heterocycles. The van der Waals surface area contributed by atoms with Gasteiger partial charge in [-0.05, 0) is 54.6 Å². The topological polar surface area (TPSA) is 80.2 Å². The van der Waals surface area contributed by atoms with Crippen LogP contribution in [0.5, 0.6) is 11.5 Å². The molecule has 1 aromatic carbocycles. The Morgan fingerprint density at radius 3 is 2.71 bits per heavy atom. The van der Waals surface area contributed by atoms with Gasteiger partial charge in [-0.25, -0.2) is 14.4 Å². The van der Waals surface area contributed by atoms with Gasteiger partial charge in [-0.3, -0.25) is 9.78 Å². The summed E-state index contributed by atoms with van der Waals surface area (Å²) in [6.07, 6.45) is 10.1. The Balaban J connectivity index is 1.25. The standard InChI is InChI=1S/C25H17ClFN5O2/c26-23-12-20-21(14-29-23)28-10-9-22(20)34-19-7-8-24(30-13-19)31-25(33)16-2-1-11-32(15-16)18-5-3-17(27)4-6-18/h1-14H,15H2,(H,30,31,33). The average Bonchev–Trinajstić information content (AvgIpc) is 2.86. The molecule has 1 amide bonds. The molecule has 1 N–H and O–H groups in total. The summed E-state index contributed by atoms with van der Waals surface area (Å²) in [5.74, 6) is 0.844. The molecule has 4 aromatic rings. The number of carbonyl (C=O) groups is 1. The van der Waals surface area contributed by atoms with E-state index in [1.807, 2.05) is 11.1 Å². The largest absolute Gasteiger partial charge is 0.455 e. The fourth-order valence-corrected chi connectivity index (χ4v) is 3.59. The van der Waals surface area contributed by atoms with Gasteiger partial charge in [0.05, 0.1) is 24.5 Å². The first-order chi connectivity index (χ1) is 16.5. The maximum absolute atomic E-state index is 13.2. The molecule has 9 heteroatoms. The lowest BCUT2D eigenvalue weighted by atomic mass is 10.1. The number of ether oxygens (including phenoxy) is 1. The van der Waals surface area contributed by atoms with Crippen LogP contribution in [0.15, 0.2) is 91.0 Å². The highest BCUT2D eigenvalue weighted by Gasteiger charge is 2.17. The number of pyridine rings is 3. The minimum absolute atomic E-state index is 0.278. The van der Waals surface area contributed by atoms with Gasteiger partial charge in [0, 0.05) is 29.0 Å². The van der Waals surface area contributed by atoms with Crippen LogP contribution in [0, 0.1) is 5.82 Å². The molecule has 168 valence electrons. The van der Waals surface area contributed by atoms with Crippen LogP contribution in [-0.4, -0.2) is 27.4 Å². The van der Waals surface area contributed by atoms with Gasteiger partial charge in [-0.2, -0.15) is 0 Å². The summed E-state index contributed by atoms with van der Waals surface area (Å²) in [4.78, 5) is 27.2. The molecule has 0 bridgehead atoms. The first kappa shape index (κ1) is 21.5. The number of nitrogens with zero attached hydrogens (tertiary/aromatic N) is 4. The highest BCUT2D eigenvalue weighted by Crippen LogP contribution is 2.30. The number of aromatic nitrogens is 3. The average molecular weight is 474 g/mol. The van der Waals surface area contributed by atoms with Crippen LogP contribution in [0.1, 0.15) is 0 Å². The maximum Gasteiger partial charge on any atom is 0.254 e. The van der Waals surface area contributed by atoms with Crippen molar-refractivity contribution in [3.05, 3.63) is 102 Å². The van der Waals surface area contributed by atoms with E-state index in [1.54, 1.807) is 60.9 Å². The number of hydrogen-bond acceptors (Lipinski definition) is 6. The van der Waals surface area contributed by atoms with Crippen molar-refractivity contribution in [2.75, 3.05) is 16.8 Å². The van der Waals surface area contributed by atoms with Gasteiger partial charge >= 0.3 is 0 Å². The molecular formula is C25H17ClFN5O2. The summed E-state index contributed by atoms with van der Waals surface area (Å²) < 4.78 is 19.1. The Hall–Kier alpha value is -4.30. The van der Waals surface area contributed by atoms with E-state index in [4.69, 9.17) is 16.3 Å². The van der Waals surface area contributed by atoms with Crippen molar-refractivity contribution in [1.29, 1.82) is 0 Å². The number of carbonyl (C=O) groups excluding carboxylic acids is 1. The Kier molecular flexibility index (Phi) is 5.88. The number of allylic oxidation sites excluding steroid dienone is 2. The molecule has 0 aliphatic carbocycles. The van der Waals surface area contributed by atoms with Crippen molar-refractivity contribution >= 4 is 39.9 Å². The van der Waals surface area contributed by atoms with Crippen LogP contribution >= 0.6 is 11.6 Å². The number of anilines is 2. The summed E-state index contributed by atoms with van der Waals surface area (Å²) in [5.41, 5.74) is 1.99. The quantitative estimate of drug-likeness (QED) is 0.385. The molecule has 0 unspecified atom stereocenters. The smallest absolute Gasteiger partial charge is 0.254 e. The van der Waals surface area contributed by atoms with Crippen molar-refractivity contribution < 1.29 is 13.9 Å². The van der Waals surface area contributed by atoms with E-state index in [-0.39, 0.29) is 11.7 Å². The monoisotopic (exact) mass is 473 g/mol. The summed E-state index contributed by atoms with van der Waals surface area (Å²) >= 11 is 6.00. The predicted molar refractivity (Wildman–Crippen MR) is 128 cm³/mol. The van der Waals surface area contributed by atoms with E-state index < -0.39 is 0 Å². The number of benzene rings is 1. The number of halogens is 2. The van der Waals surface area contributed by atoms with Gasteiger partial charge < -0.3 is 15.0 Å². The molecule has 0 saturated heterocycles. The van der Waals surface area contributed by atoms with Crippen LogP contribution in [0.4, 0.5) is 15.9 Å². The summed E-state index contributed by atoms with van der Waals surface area (Å²) in [6, 6.07) is 12.9. The Labute approximate surface area is 199 Å². The zero-order valence-electron chi connectivity index (χ0n) is 17.7. The van der Waals surface area contributed by atoms with Crippen LogP contribution in [0.3, 0.4) is 0 Å². The lowest BCUT2D eigenvalue weighted by molar-refractivity contribution is -0.112. The summed E-state index contributed by atoms with van der Waals surface area (Å²) in [6.45, 7) is 0.349. The number of hydrogen-bond donors (Lipinski definition) is 1. The Morgan fingerprint density at radius 2 is 1.91 bits per heavy atom. The molecule has 0 saturated carbocycles. The van der Waals surface area contributed by atoms with E-state index in [1.165, 1.54) is 18.3 Å². The van der Waals surface area contributed by atoms with Crippen molar-refractivity contribution in [3.63, 3.8) is 0 Å². The molecule has 0 fully saturated rings. The highest BCUT2D eigenvalue weighted by atomic mass is 35.5. The SMILES string of the molecule is O=C(Nc1ccc(Oc2ccnc3cnc(Cl)cc23)cn1)C1=CC=CN(c2ccc(F)cc2)C1.